The highest BCUT2D eigenvalue weighted by atomic mass is 19.3. The van der Waals surface area contributed by atoms with E-state index in [1.807, 2.05) is 0 Å². The SMILES string of the molecule is COc1cnc(C(F)F)c(C#N)c1N. The van der Waals surface area contributed by atoms with Gasteiger partial charge in [-0.05, 0) is 0 Å². The summed E-state index contributed by atoms with van der Waals surface area (Å²) in [6, 6.07) is 1.57. The van der Waals surface area contributed by atoms with Gasteiger partial charge in [-0.2, -0.15) is 5.26 Å². The van der Waals surface area contributed by atoms with Crippen LogP contribution in [0.3, 0.4) is 0 Å². The fourth-order valence-electron chi connectivity index (χ4n) is 0.969. The lowest BCUT2D eigenvalue weighted by atomic mass is 10.1. The standard InChI is InChI=1S/C8H7F2N3O/c1-14-5-3-13-7(8(9)10)4(2-11)6(5)12/h3,8H,1H3,(H2,12,13). The van der Waals surface area contributed by atoms with Crippen LogP contribution >= 0.6 is 0 Å². The molecule has 0 fully saturated rings. The Morgan fingerprint density at radius 3 is 2.71 bits per heavy atom. The van der Waals surface area contributed by atoms with Crippen LogP contribution < -0.4 is 10.5 Å². The van der Waals surface area contributed by atoms with Crippen LogP contribution in [0.2, 0.25) is 0 Å². The van der Waals surface area contributed by atoms with Crippen molar-refractivity contribution in [2.75, 3.05) is 12.8 Å². The van der Waals surface area contributed by atoms with Gasteiger partial charge in [-0.15, -0.1) is 0 Å². The third-order valence-corrected chi connectivity index (χ3v) is 1.65. The number of pyridine rings is 1. The van der Waals surface area contributed by atoms with E-state index in [2.05, 4.69) is 4.98 Å². The van der Waals surface area contributed by atoms with Gasteiger partial charge in [0.05, 0.1) is 19.0 Å². The summed E-state index contributed by atoms with van der Waals surface area (Å²) in [5.41, 5.74) is 4.36. The first-order valence-electron chi connectivity index (χ1n) is 3.62. The van der Waals surface area contributed by atoms with E-state index in [0.29, 0.717) is 0 Å². The van der Waals surface area contributed by atoms with Gasteiger partial charge in [0.25, 0.3) is 6.43 Å². The topological polar surface area (TPSA) is 71.9 Å². The lowest BCUT2D eigenvalue weighted by Gasteiger charge is -2.08. The van der Waals surface area contributed by atoms with Crippen LogP contribution in [0.1, 0.15) is 17.7 Å². The summed E-state index contributed by atoms with van der Waals surface area (Å²) in [5.74, 6) is 0.117. The highest BCUT2D eigenvalue weighted by Gasteiger charge is 2.19. The van der Waals surface area contributed by atoms with Crippen molar-refractivity contribution in [3.63, 3.8) is 0 Å². The first-order chi connectivity index (χ1) is 6.61. The number of alkyl halides is 2. The highest BCUT2D eigenvalue weighted by molar-refractivity contribution is 5.64. The highest BCUT2D eigenvalue weighted by Crippen LogP contribution is 2.30. The number of ether oxygens (including phenoxy) is 1. The molecule has 0 atom stereocenters. The molecule has 0 saturated heterocycles. The summed E-state index contributed by atoms with van der Waals surface area (Å²) in [6.07, 6.45) is -1.75. The van der Waals surface area contributed by atoms with Gasteiger partial charge in [0.1, 0.15) is 17.3 Å². The van der Waals surface area contributed by atoms with Crippen LogP contribution in [-0.4, -0.2) is 12.1 Å². The van der Waals surface area contributed by atoms with Gasteiger partial charge in [0.15, 0.2) is 5.75 Å². The van der Waals surface area contributed by atoms with E-state index >= 15 is 0 Å². The number of nitrogens with two attached hydrogens (primary N) is 1. The molecule has 0 aliphatic carbocycles. The summed E-state index contributed by atoms with van der Waals surface area (Å²) in [6.45, 7) is 0. The number of nitrogen functional groups attached to an aromatic ring is 1. The number of hydrogen-bond donors (Lipinski definition) is 1. The maximum absolute atomic E-state index is 12.3. The van der Waals surface area contributed by atoms with Crippen molar-refractivity contribution < 1.29 is 13.5 Å². The number of methoxy groups -OCH3 is 1. The summed E-state index contributed by atoms with van der Waals surface area (Å²) in [7, 11) is 1.32. The molecule has 1 aromatic rings. The first kappa shape index (κ1) is 10.2. The van der Waals surface area contributed by atoms with Gasteiger partial charge < -0.3 is 10.5 Å². The Labute approximate surface area is 78.9 Å². The van der Waals surface area contributed by atoms with Gasteiger partial charge in [0, 0.05) is 0 Å². The average molecular weight is 199 g/mol. The molecule has 74 valence electrons. The number of nitrogens with zero attached hydrogens (tertiary/aromatic N) is 2. The van der Waals surface area contributed by atoms with Gasteiger partial charge in [-0.25, -0.2) is 13.8 Å². The molecule has 1 heterocycles. The third-order valence-electron chi connectivity index (χ3n) is 1.65. The second-order valence-electron chi connectivity index (χ2n) is 2.41. The molecule has 4 nitrogen and oxygen atoms in total. The molecule has 0 bridgehead atoms. The summed E-state index contributed by atoms with van der Waals surface area (Å²) >= 11 is 0. The number of aromatic nitrogens is 1. The van der Waals surface area contributed by atoms with Crippen molar-refractivity contribution in [2.24, 2.45) is 0 Å². The maximum atomic E-state index is 12.3. The monoisotopic (exact) mass is 199 g/mol. The van der Waals surface area contributed by atoms with Crippen LogP contribution in [0.5, 0.6) is 5.75 Å². The molecule has 2 N–H and O–H groups in total. The average Bonchev–Trinajstić information content (AvgIpc) is 2.17. The molecular weight excluding hydrogens is 192 g/mol. The Kier molecular flexibility index (Phi) is 2.82. The van der Waals surface area contributed by atoms with Crippen molar-refractivity contribution in [2.45, 2.75) is 6.43 Å². The zero-order valence-corrected chi connectivity index (χ0v) is 7.29. The number of anilines is 1. The molecule has 0 radical (unpaired) electrons. The van der Waals surface area contributed by atoms with Gasteiger partial charge in [-0.1, -0.05) is 0 Å². The minimum atomic E-state index is -2.82. The minimum absolute atomic E-state index is 0.111. The predicted octanol–water partition coefficient (Wildman–Crippen LogP) is 1.48. The Balaban J connectivity index is 3.38. The van der Waals surface area contributed by atoms with Crippen molar-refractivity contribution in [3.05, 3.63) is 17.5 Å². The van der Waals surface area contributed by atoms with E-state index in [9.17, 15) is 8.78 Å². The molecule has 14 heavy (non-hydrogen) atoms. The van der Waals surface area contributed by atoms with Crippen LogP contribution in [0.4, 0.5) is 14.5 Å². The van der Waals surface area contributed by atoms with Crippen molar-refractivity contribution in [1.82, 2.24) is 4.98 Å². The smallest absolute Gasteiger partial charge is 0.281 e. The molecule has 1 rings (SSSR count). The zero-order chi connectivity index (χ0) is 10.7. The Morgan fingerprint density at radius 1 is 1.64 bits per heavy atom. The van der Waals surface area contributed by atoms with E-state index in [1.165, 1.54) is 7.11 Å². The van der Waals surface area contributed by atoms with Crippen LogP contribution in [0, 0.1) is 11.3 Å². The molecule has 0 aromatic carbocycles. The van der Waals surface area contributed by atoms with Gasteiger partial charge in [-0.3, -0.25) is 0 Å². The van der Waals surface area contributed by atoms with Crippen LogP contribution in [-0.2, 0) is 0 Å². The second-order valence-corrected chi connectivity index (χ2v) is 2.41. The Bertz CT molecular complexity index is 387. The lowest BCUT2D eigenvalue weighted by Crippen LogP contribution is -2.03. The molecule has 0 unspecified atom stereocenters. The van der Waals surface area contributed by atoms with E-state index in [4.69, 9.17) is 15.7 Å². The normalized spacial score (nSPS) is 9.93. The summed E-state index contributed by atoms with van der Waals surface area (Å²) in [4.78, 5) is 3.40. The first-order valence-corrected chi connectivity index (χ1v) is 3.62. The molecule has 0 aliphatic heterocycles. The maximum Gasteiger partial charge on any atom is 0.281 e. The molecule has 1 aromatic heterocycles. The molecule has 0 saturated carbocycles. The quantitative estimate of drug-likeness (QED) is 0.782. The van der Waals surface area contributed by atoms with Crippen molar-refractivity contribution in [1.29, 1.82) is 5.26 Å². The van der Waals surface area contributed by atoms with Crippen molar-refractivity contribution >= 4 is 5.69 Å². The number of hydrogen-bond acceptors (Lipinski definition) is 4. The minimum Gasteiger partial charge on any atom is -0.493 e. The molecule has 6 heteroatoms. The van der Waals surface area contributed by atoms with E-state index in [-0.39, 0.29) is 17.0 Å². The fraction of sp³-hybridized carbons (Fsp3) is 0.250. The Hall–Kier alpha value is -1.90. The number of nitriles is 1. The van der Waals surface area contributed by atoms with E-state index < -0.39 is 12.1 Å². The number of rotatable bonds is 2. The van der Waals surface area contributed by atoms with E-state index in [1.54, 1.807) is 6.07 Å². The Morgan fingerprint density at radius 2 is 2.29 bits per heavy atom. The zero-order valence-electron chi connectivity index (χ0n) is 7.29. The van der Waals surface area contributed by atoms with Gasteiger partial charge >= 0.3 is 0 Å². The largest absolute Gasteiger partial charge is 0.493 e. The lowest BCUT2D eigenvalue weighted by molar-refractivity contribution is 0.145. The second kappa shape index (κ2) is 3.87. The molecule has 0 amide bonds. The fourth-order valence-corrected chi connectivity index (χ4v) is 0.969. The van der Waals surface area contributed by atoms with Gasteiger partial charge in [0.2, 0.25) is 0 Å². The summed E-state index contributed by atoms with van der Waals surface area (Å²) in [5, 5.41) is 8.61. The number of halogens is 2. The van der Waals surface area contributed by atoms with Crippen LogP contribution in [0.25, 0.3) is 0 Å². The third kappa shape index (κ3) is 1.57. The predicted molar refractivity (Wildman–Crippen MR) is 44.9 cm³/mol. The van der Waals surface area contributed by atoms with Crippen LogP contribution in [0.15, 0.2) is 6.20 Å². The molecule has 0 spiro atoms. The van der Waals surface area contributed by atoms with E-state index in [0.717, 1.165) is 6.20 Å². The van der Waals surface area contributed by atoms with Crippen molar-refractivity contribution in [3.8, 4) is 11.8 Å². The molecule has 0 aliphatic rings. The molecular formula is C8H7F2N3O. The summed E-state index contributed by atoms with van der Waals surface area (Å²) < 4.78 is 29.4.